The van der Waals surface area contributed by atoms with Gasteiger partial charge in [-0.2, -0.15) is 0 Å². The molecule has 0 spiro atoms. The average Bonchev–Trinajstić information content (AvgIpc) is 3.40. The number of fused-ring (bicyclic) bond motifs is 3. The summed E-state index contributed by atoms with van der Waals surface area (Å²) in [6.45, 7) is 3.52. The predicted octanol–water partition coefficient (Wildman–Crippen LogP) is 3.81. The molecule has 2 aromatic carbocycles. The Morgan fingerprint density at radius 3 is 2.45 bits per heavy atom. The number of hydrogen-bond acceptors (Lipinski definition) is 7. The summed E-state index contributed by atoms with van der Waals surface area (Å²) >= 11 is 1.67. The second kappa shape index (κ2) is 8.43. The first-order valence-electron chi connectivity index (χ1n) is 11.7. The Morgan fingerprint density at radius 1 is 0.939 bits per heavy atom. The van der Waals surface area contributed by atoms with Crippen LogP contribution in [0.4, 0.5) is 10.8 Å². The number of piperazine rings is 1. The molecule has 0 bridgehead atoms. The number of anilines is 2. The van der Waals surface area contributed by atoms with Gasteiger partial charge in [0.05, 0.1) is 29.4 Å². The highest BCUT2D eigenvalue weighted by atomic mass is 32.1. The number of aliphatic hydroxyl groups excluding tert-OH is 1. The third-order valence-corrected chi connectivity index (χ3v) is 7.96. The van der Waals surface area contributed by atoms with Crippen LogP contribution in [0.5, 0.6) is 0 Å². The zero-order chi connectivity index (χ0) is 22.4. The molecule has 0 radical (unpaired) electrons. The summed E-state index contributed by atoms with van der Waals surface area (Å²) in [6, 6.07) is 10.1. The molecule has 1 aliphatic heterocycles. The monoisotopic (exact) mass is 461 g/mol. The summed E-state index contributed by atoms with van der Waals surface area (Å²) < 4.78 is 1.67. The van der Waals surface area contributed by atoms with Gasteiger partial charge in [-0.3, -0.25) is 9.36 Å². The van der Waals surface area contributed by atoms with Crippen LogP contribution >= 0.6 is 11.3 Å². The topological polar surface area (TPSA) is 74.5 Å². The number of hydrogen-bond donors (Lipinski definition) is 1. The van der Waals surface area contributed by atoms with Crippen LogP contribution < -0.4 is 15.4 Å². The Balaban J connectivity index is 1.43. The maximum atomic E-state index is 13.6. The van der Waals surface area contributed by atoms with E-state index < -0.39 is 6.10 Å². The third-order valence-electron chi connectivity index (χ3n) is 7.13. The lowest BCUT2D eigenvalue weighted by atomic mass is 9.92. The molecular formula is C25H27N5O2S. The van der Waals surface area contributed by atoms with Gasteiger partial charge in [0, 0.05) is 54.2 Å². The van der Waals surface area contributed by atoms with Crippen LogP contribution in [0.3, 0.4) is 0 Å². The quantitative estimate of drug-likeness (QED) is 0.468. The molecule has 7 nitrogen and oxygen atoms in total. The van der Waals surface area contributed by atoms with Gasteiger partial charge in [0.15, 0.2) is 5.13 Å². The maximum Gasteiger partial charge on any atom is 0.261 e. The van der Waals surface area contributed by atoms with Gasteiger partial charge >= 0.3 is 0 Å². The first-order chi connectivity index (χ1) is 16.2. The molecule has 8 heteroatoms. The van der Waals surface area contributed by atoms with Gasteiger partial charge in [0.25, 0.3) is 5.56 Å². The molecule has 2 atom stereocenters. The van der Waals surface area contributed by atoms with Gasteiger partial charge in [-0.25, -0.2) is 9.97 Å². The fourth-order valence-electron chi connectivity index (χ4n) is 5.38. The van der Waals surface area contributed by atoms with E-state index in [-0.39, 0.29) is 11.6 Å². The zero-order valence-corrected chi connectivity index (χ0v) is 19.2. The lowest BCUT2D eigenvalue weighted by Crippen LogP contribution is -2.46. The second-order valence-corrected chi connectivity index (χ2v) is 9.88. The van der Waals surface area contributed by atoms with Gasteiger partial charge in [0.2, 0.25) is 0 Å². The van der Waals surface area contributed by atoms with Gasteiger partial charge < -0.3 is 14.9 Å². The van der Waals surface area contributed by atoms with E-state index in [1.807, 2.05) is 29.8 Å². The molecule has 0 unspecified atom stereocenters. The van der Waals surface area contributed by atoms with Gasteiger partial charge in [-0.05, 0) is 18.9 Å². The van der Waals surface area contributed by atoms with E-state index in [1.54, 1.807) is 22.2 Å². The van der Waals surface area contributed by atoms with Crippen molar-refractivity contribution in [3.05, 3.63) is 58.6 Å². The minimum atomic E-state index is -0.491. The van der Waals surface area contributed by atoms with Crippen LogP contribution in [0, 0.1) is 0 Å². The van der Waals surface area contributed by atoms with E-state index in [2.05, 4.69) is 26.9 Å². The lowest BCUT2D eigenvalue weighted by molar-refractivity contribution is 0.0735. The normalized spacial score (nSPS) is 21.7. The SMILES string of the molecule is O=c1c2cc(N3CCN(c4nccs4)CC3)c3ccccc3c2ncn1[C@H]1CCCC[C@@H]1O. The Bertz CT molecular complexity index is 1340. The van der Waals surface area contributed by atoms with Gasteiger partial charge in [0.1, 0.15) is 0 Å². The van der Waals surface area contributed by atoms with Gasteiger partial charge in [-0.1, -0.05) is 37.1 Å². The fraction of sp³-hybridized carbons (Fsp3) is 0.400. The van der Waals surface area contributed by atoms with Crippen molar-refractivity contribution in [3.8, 4) is 0 Å². The number of benzene rings is 2. The van der Waals surface area contributed by atoms with Crippen LogP contribution in [0.1, 0.15) is 31.7 Å². The Hall–Kier alpha value is -2.97. The number of rotatable bonds is 3. The van der Waals surface area contributed by atoms with E-state index in [0.29, 0.717) is 5.39 Å². The lowest BCUT2D eigenvalue weighted by Gasteiger charge is -2.36. The summed E-state index contributed by atoms with van der Waals surface area (Å²) in [5, 5.41) is 16.4. The standard InChI is InChI=1S/C25H27N5O2S/c31-22-8-4-3-7-20(22)30-16-27-23-18-6-2-1-5-17(18)21(15-19(23)24(30)32)28-10-12-29(13-11-28)25-26-9-14-33-25/h1-2,5-6,9,14-16,20,22,31H,3-4,7-8,10-13H2/t20-,22-/m0/s1. The minimum absolute atomic E-state index is 0.0561. The molecule has 6 rings (SSSR count). The Morgan fingerprint density at radius 2 is 1.70 bits per heavy atom. The molecule has 4 aromatic rings. The smallest absolute Gasteiger partial charge is 0.261 e. The molecule has 3 heterocycles. The van der Waals surface area contributed by atoms with E-state index in [9.17, 15) is 9.90 Å². The fourth-order valence-corrected chi connectivity index (χ4v) is 6.08. The zero-order valence-electron chi connectivity index (χ0n) is 18.4. The molecular weight excluding hydrogens is 434 g/mol. The molecule has 0 amide bonds. The first-order valence-corrected chi connectivity index (χ1v) is 12.6. The summed E-state index contributed by atoms with van der Waals surface area (Å²) in [5.41, 5.74) is 1.76. The number of thiazole rings is 1. The number of aromatic nitrogens is 3. The second-order valence-electron chi connectivity index (χ2n) is 9.00. The summed E-state index contributed by atoms with van der Waals surface area (Å²) in [7, 11) is 0. The third kappa shape index (κ3) is 3.57. The first kappa shape index (κ1) is 20.6. The van der Waals surface area contributed by atoms with Crippen molar-refractivity contribution in [3.63, 3.8) is 0 Å². The van der Waals surface area contributed by atoms with Crippen LogP contribution in [-0.4, -0.2) is 51.9 Å². The molecule has 33 heavy (non-hydrogen) atoms. The number of nitrogens with zero attached hydrogens (tertiary/aromatic N) is 5. The summed E-state index contributed by atoms with van der Waals surface area (Å²) in [6.07, 6.45) is 6.59. The van der Waals surface area contributed by atoms with Gasteiger partial charge in [-0.15, -0.1) is 11.3 Å². The molecule has 1 aliphatic carbocycles. The Kier molecular flexibility index (Phi) is 5.27. The van der Waals surface area contributed by atoms with Crippen LogP contribution in [0.25, 0.3) is 21.7 Å². The van der Waals surface area contributed by atoms with E-state index in [1.165, 1.54) is 0 Å². The van der Waals surface area contributed by atoms with Crippen LogP contribution in [0.15, 0.2) is 53.0 Å². The molecule has 170 valence electrons. The van der Waals surface area contributed by atoms with Crippen molar-refractivity contribution in [1.82, 2.24) is 14.5 Å². The molecule has 2 aromatic heterocycles. The predicted molar refractivity (Wildman–Crippen MR) is 134 cm³/mol. The molecule has 2 aliphatic rings. The highest BCUT2D eigenvalue weighted by Crippen LogP contribution is 2.34. The highest BCUT2D eigenvalue weighted by Gasteiger charge is 2.27. The van der Waals surface area contributed by atoms with Crippen molar-refractivity contribution in [2.24, 2.45) is 0 Å². The minimum Gasteiger partial charge on any atom is -0.391 e. The highest BCUT2D eigenvalue weighted by molar-refractivity contribution is 7.13. The molecule has 1 saturated carbocycles. The summed E-state index contributed by atoms with van der Waals surface area (Å²) in [4.78, 5) is 27.5. The van der Waals surface area contributed by atoms with Crippen molar-refractivity contribution < 1.29 is 5.11 Å². The Labute approximate surface area is 195 Å². The van der Waals surface area contributed by atoms with E-state index in [4.69, 9.17) is 4.98 Å². The largest absolute Gasteiger partial charge is 0.391 e. The van der Waals surface area contributed by atoms with Crippen molar-refractivity contribution in [2.75, 3.05) is 36.0 Å². The van der Waals surface area contributed by atoms with E-state index in [0.717, 1.165) is 79.0 Å². The molecule has 1 saturated heterocycles. The average molecular weight is 462 g/mol. The van der Waals surface area contributed by atoms with E-state index >= 15 is 0 Å². The maximum absolute atomic E-state index is 13.6. The summed E-state index contributed by atoms with van der Waals surface area (Å²) in [5.74, 6) is 0. The van der Waals surface area contributed by atoms with Crippen molar-refractivity contribution in [2.45, 2.75) is 37.8 Å². The molecule has 1 N–H and O–H groups in total. The van der Waals surface area contributed by atoms with Crippen molar-refractivity contribution >= 4 is 43.8 Å². The number of aliphatic hydroxyl groups is 1. The molecule has 2 fully saturated rings. The van der Waals surface area contributed by atoms with Crippen LogP contribution in [0.2, 0.25) is 0 Å². The van der Waals surface area contributed by atoms with Crippen molar-refractivity contribution in [1.29, 1.82) is 0 Å². The van der Waals surface area contributed by atoms with Crippen LogP contribution in [-0.2, 0) is 0 Å².